The van der Waals surface area contributed by atoms with E-state index in [9.17, 15) is 25.9 Å². The number of benzene rings is 1. The maximum atomic E-state index is 10.8. The Kier molecular flexibility index (Phi) is 9.72. The van der Waals surface area contributed by atoms with Crippen LogP contribution in [-0.2, 0) is 20.2 Å². The predicted octanol–water partition coefficient (Wildman–Crippen LogP) is -4.97. The number of hydrogen-bond acceptors (Lipinski definition) is 6. The Morgan fingerprint density at radius 1 is 0.833 bits per heavy atom. The molecular weight excluding hydrogens is 438 g/mol. The van der Waals surface area contributed by atoms with E-state index in [1.165, 1.54) is 0 Å². The van der Waals surface area contributed by atoms with Gasteiger partial charge in [0.25, 0.3) is 0 Å². The van der Waals surface area contributed by atoms with E-state index < -0.39 is 34.5 Å². The zero-order valence-electron chi connectivity index (χ0n) is 9.18. The molecule has 0 heterocycles. The minimum atomic E-state index is -4.87. The van der Waals surface area contributed by atoms with Crippen LogP contribution in [0.25, 0.3) is 0 Å². The van der Waals surface area contributed by atoms with Crippen LogP contribution in [0.15, 0.2) is 30.9 Å². The molecule has 0 fully saturated rings. The minimum absolute atomic E-state index is 0. The van der Waals surface area contributed by atoms with Crippen LogP contribution in [0.3, 0.4) is 0 Å². The fourth-order valence-electron chi connectivity index (χ4n) is 0.904. The van der Waals surface area contributed by atoms with Gasteiger partial charge in [0.2, 0.25) is 0 Å². The first kappa shape index (κ1) is 22.3. The van der Waals surface area contributed by atoms with Gasteiger partial charge in [-0.2, -0.15) is 0 Å². The predicted molar refractivity (Wildman–Crippen MR) is 57.8 cm³/mol. The van der Waals surface area contributed by atoms with Crippen LogP contribution in [0.4, 0.5) is 0 Å². The molecule has 6 nitrogen and oxygen atoms in total. The first-order valence-corrected chi connectivity index (χ1v) is 7.84. The Labute approximate surface area is 165 Å². The first-order valence-electron chi connectivity index (χ1n) is 3.44. The molecule has 12 heteroatoms. The molecule has 0 aliphatic heterocycles. The van der Waals surface area contributed by atoms with Crippen LogP contribution in [0.5, 0.6) is 0 Å². The van der Waals surface area contributed by atoms with E-state index in [1.54, 1.807) is 0 Å². The standard InChI is InChI=1S/C6H4Br2O6S2.2Na/c7-3-1-4(15(9,10)11)6(8)5(2-3)16(12,13)14;;/h1-2H,(H,9,10,11)(H,12,13,14);;/q;2*+1/p-2. The Morgan fingerprint density at radius 3 is 1.33 bits per heavy atom. The van der Waals surface area contributed by atoms with Crippen molar-refractivity contribution >= 4 is 52.1 Å². The third kappa shape index (κ3) is 5.78. The van der Waals surface area contributed by atoms with Gasteiger partial charge in [0.05, 0.1) is 14.3 Å². The van der Waals surface area contributed by atoms with Crippen molar-refractivity contribution in [3.05, 3.63) is 21.1 Å². The molecule has 0 radical (unpaired) electrons. The summed E-state index contributed by atoms with van der Waals surface area (Å²) < 4.78 is 64.1. The summed E-state index contributed by atoms with van der Waals surface area (Å²) in [6.45, 7) is 0. The third-order valence-corrected chi connectivity index (χ3v) is 5.07. The first-order chi connectivity index (χ1) is 7.03. The van der Waals surface area contributed by atoms with E-state index in [1.807, 2.05) is 0 Å². The van der Waals surface area contributed by atoms with Gasteiger partial charge in [-0.1, -0.05) is 15.9 Å². The molecule has 0 aliphatic carbocycles. The molecule has 0 atom stereocenters. The quantitative estimate of drug-likeness (QED) is 0.337. The van der Waals surface area contributed by atoms with Crippen molar-refractivity contribution in [2.24, 2.45) is 0 Å². The van der Waals surface area contributed by atoms with Crippen LogP contribution in [-0.4, -0.2) is 25.9 Å². The van der Waals surface area contributed by atoms with Gasteiger partial charge in [0.15, 0.2) is 0 Å². The maximum absolute atomic E-state index is 10.8. The van der Waals surface area contributed by atoms with Crippen molar-refractivity contribution in [2.45, 2.75) is 9.79 Å². The summed E-state index contributed by atoms with van der Waals surface area (Å²) in [4.78, 5) is -1.62. The van der Waals surface area contributed by atoms with E-state index in [-0.39, 0.29) is 63.6 Å². The maximum Gasteiger partial charge on any atom is 1.00 e. The van der Waals surface area contributed by atoms with Crippen molar-refractivity contribution in [3.63, 3.8) is 0 Å². The van der Waals surface area contributed by atoms with Crippen LogP contribution in [0.2, 0.25) is 0 Å². The zero-order valence-corrected chi connectivity index (χ0v) is 18.0. The summed E-state index contributed by atoms with van der Waals surface area (Å²) in [6, 6.07) is 1.81. The Morgan fingerprint density at radius 2 is 1.11 bits per heavy atom. The Bertz CT molecular complexity index is 589. The molecular formula is C6H2Br2Na2O6S2. The third-order valence-electron chi connectivity index (χ3n) is 1.51. The molecule has 18 heavy (non-hydrogen) atoms. The molecule has 1 aromatic carbocycles. The molecule has 0 aromatic heterocycles. The van der Waals surface area contributed by atoms with E-state index in [0.29, 0.717) is 0 Å². The van der Waals surface area contributed by atoms with Crippen LogP contribution in [0, 0.1) is 0 Å². The van der Waals surface area contributed by atoms with E-state index in [2.05, 4.69) is 31.9 Å². The van der Waals surface area contributed by atoms with Gasteiger partial charge in [-0.05, 0) is 28.1 Å². The van der Waals surface area contributed by atoms with E-state index in [0.717, 1.165) is 12.1 Å². The van der Waals surface area contributed by atoms with Crippen molar-refractivity contribution in [2.75, 3.05) is 0 Å². The zero-order chi connectivity index (χ0) is 12.7. The molecule has 0 saturated carbocycles. The second kappa shape index (κ2) is 7.85. The van der Waals surface area contributed by atoms with Gasteiger partial charge in [-0.15, -0.1) is 0 Å². The minimum Gasteiger partial charge on any atom is -0.744 e. The topological polar surface area (TPSA) is 114 Å². The Hall–Kier alpha value is 2.00. The molecule has 0 N–H and O–H groups in total. The largest absolute Gasteiger partial charge is 1.00 e. The van der Waals surface area contributed by atoms with E-state index in [4.69, 9.17) is 0 Å². The van der Waals surface area contributed by atoms with Crippen molar-refractivity contribution in [1.29, 1.82) is 0 Å². The molecule has 1 aromatic rings. The van der Waals surface area contributed by atoms with Crippen LogP contribution in [0.1, 0.15) is 0 Å². The number of hydrogen-bond donors (Lipinski definition) is 0. The molecule has 0 bridgehead atoms. The van der Waals surface area contributed by atoms with Crippen molar-refractivity contribution in [1.82, 2.24) is 0 Å². The smallest absolute Gasteiger partial charge is 0.744 e. The van der Waals surface area contributed by atoms with Gasteiger partial charge in [0.1, 0.15) is 20.2 Å². The second-order valence-electron chi connectivity index (χ2n) is 2.62. The fraction of sp³-hybridized carbons (Fsp3) is 0. The molecule has 0 unspecified atom stereocenters. The fourth-order valence-corrected chi connectivity index (χ4v) is 4.35. The second-order valence-corrected chi connectivity index (χ2v) is 7.03. The van der Waals surface area contributed by atoms with Gasteiger partial charge in [0, 0.05) is 4.47 Å². The molecule has 0 saturated heterocycles. The SMILES string of the molecule is O=S(=O)([O-])c1cc(Br)cc(S(=O)(=O)[O-])c1Br.[Na+].[Na+]. The molecule has 90 valence electrons. The average Bonchev–Trinajstić information content (AvgIpc) is 2.04. The summed E-state index contributed by atoms with van der Waals surface area (Å²) >= 11 is 5.41. The molecule has 1 rings (SSSR count). The summed E-state index contributed by atoms with van der Waals surface area (Å²) in [7, 11) is -9.74. The van der Waals surface area contributed by atoms with Crippen molar-refractivity contribution < 1.29 is 85.1 Å². The number of rotatable bonds is 2. The Balaban J connectivity index is 0. The van der Waals surface area contributed by atoms with Gasteiger partial charge < -0.3 is 9.11 Å². The van der Waals surface area contributed by atoms with Gasteiger partial charge in [-0.25, -0.2) is 16.8 Å². The van der Waals surface area contributed by atoms with Crippen LogP contribution >= 0.6 is 31.9 Å². The summed E-state index contributed by atoms with van der Waals surface area (Å²) in [5.41, 5.74) is 0. The summed E-state index contributed by atoms with van der Waals surface area (Å²) in [6.07, 6.45) is 0. The average molecular weight is 440 g/mol. The van der Waals surface area contributed by atoms with Gasteiger partial charge >= 0.3 is 59.1 Å². The van der Waals surface area contributed by atoms with Crippen LogP contribution < -0.4 is 59.1 Å². The summed E-state index contributed by atoms with van der Waals surface area (Å²) in [5.74, 6) is 0. The monoisotopic (exact) mass is 438 g/mol. The van der Waals surface area contributed by atoms with Gasteiger partial charge in [-0.3, -0.25) is 0 Å². The molecule has 0 aliphatic rings. The molecule has 0 amide bonds. The normalized spacial score (nSPS) is 11.3. The molecule has 0 spiro atoms. The number of halogens is 2. The van der Waals surface area contributed by atoms with Crippen molar-refractivity contribution in [3.8, 4) is 0 Å². The summed E-state index contributed by atoms with van der Waals surface area (Å²) in [5, 5.41) is 0. The van der Waals surface area contributed by atoms with E-state index >= 15 is 0 Å².